The van der Waals surface area contributed by atoms with E-state index >= 15 is 0 Å². The maximum absolute atomic E-state index is 12.1. The molecule has 2 atom stereocenters. The monoisotopic (exact) mass is 338 g/mol. The number of hydrogen-bond acceptors (Lipinski definition) is 4. The summed E-state index contributed by atoms with van der Waals surface area (Å²) in [4.78, 5) is 2.33. The molecule has 2 aliphatic rings. The Kier molecular flexibility index (Phi) is 5.06. The average molecular weight is 338 g/mol. The molecule has 1 saturated heterocycles. The van der Waals surface area contributed by atoms with Crippen LogP contribution in [0.1, 0.15) is 30.9 Å². The molecule has 0 spiro atoms. The lowest BCUT2D eigenvalue weighted by Crippen LogP contribution is -2.46. The van der Waals surface area contributed by atoms with Gasteiger partial charge in [-0.25, -0.2) is 12.7 Å². The van der Waals surface area contributed by atoms with Crippen LogP contribution < -0.4 is 0 Å². The standard InChI is InChI=1S/C17H26N2O3S/c1-2-23(21,22)19-11-8-16(17(20)9-12-19)18-10-7-14-5-3-4-6-15(14)13-18/h3-6,16-17,20H,2,7-13H2,1H3/t16-,17-/m0/s1. The van der Waals surface area contributed by atoms with Crippen molar-refractivity contribution in [2.45, 2.75) is 44.9 Å². The lowest BCUT2D eigenvalue weighted by Gasteiger charge is -2.37. The van der Waals surface area contributed by atoms with Gasteiger partial charge in [0.25, 0.3) is 0 Å². The van der Waals surface area contributed by atoms with Gasteiger partial charge in [-0.05, 0) is 37.3 Å². The predicted octanol–water partition coefficient (Wildman–Crippen LogP) is 1.22. The van der Waals surface area contributed by atoms with E-state index in [4.69, 9.17) is 0 Å². The fourth-order valence-electron chi connectivity index (χ4n) is 3.74. The SMILES string of the molecule is CCS(=O)(=O)N1CC[C@H](O)[C@@H](N2CCc3ccccc3C2)CC1. The van der Waals surface area contributed by atoms with E-state index in [1.54, 1.807) is 11.2 Å². The zero-order valence-electron chi connectivity index (χ0n) is 13.7. The Bertz CT molecular complexity index is 647. The van der Waals surface area contributed by atoms with E-state index in [1.165, 1.54) is 11.1 Å². The molecular weight excluding hydrogens is 312 g/mol. The molecule has 23 heavy (non-hydrogen) atoms. The Morgan fingerprint density at radius 1 is 1.13 bits per heavy atom. The summed E-state index contributed by atoms with van der Waals surface area (Å²) < 4.78 is 25.7. The topological polar surface area (TPSA) is 60.9 Å². The number of hydrogen-bond donors (Lipinski definition) is 1. The van der Waals surface area contributed by atoms with Crippen LogP contribution in [-0.4, -0.2) is 60.3 Å². The molecule has 2 aliphatic heterocycles. The van der Waals surface area contributed by atoms with E-state index in [-0.39, 0.29) is 11.8 Å². The summed E-state index contributed by atoms with van der Waals surface area (Å²) in [5.74, 6) is 0.130. The first-order chi connectivity index (χ1) is 11.0. The molecule has 3 rings (SSSR count). The third kappa shape index (κ3) is 3.60. The molecule has 2 heterocycles. The predicted molar refractivity (Wildman–Crippen MR) is 90.6 cm³/mol. The van der Waals surface area contributed by atoms with Crippen LogP contribution in [0.4, 0.5) is 0 Å². The van der Waals surface area contributed by atoms with Gasteiger partial charge >= 0.3 is 0 Å². The molecule has 1 aromatic carbocycles. The first-order valence-corrected chi connectivity index (χ1v) is 10.1. The summed E-state index contributed by atoms with van der Waals surface area (Å²) in [6.45, 7) is 4.39. The van der Waals surface area contributed by atoms with Crippen molar-refractivity contribution in [3.8, 4) is 0 Å². The lowest BCUT2D eigenvalue weighted by molar-refractivity contribution is 0.0394. The minimum absolute atomic E-state index is 0.0420. The van der Waals surface area contributed by atoms with Gasteiger partial charge in [-0.2, -0.15) is 0 Å². The van der Waals surface area contributed by atoms with Crippen molar-refractivity contribution in [1.29, 1.82) is 0 Å². The largest absolute Gasteiger partial charge is 0.391 e. The molecule has 128 valence electrons. The Hall–Kier alpha value is -0.950. The number of benzene rings is 1. The van der Waals surface area contributed by atoms with E-state index in [0.29, 0.717) is 25.9 Å². The summed E-state index contributed by atoms with van der Waals surface area (Å²) in [5.41, 5.74) is 2.72. The molecule has 1 N–H and O–H groups in total. The molecule has 0 saturated carbocycles. The first-order valence-electron chi connectivity index (χ1n) is 8.48. The van der Waals surface area contributed by atoms with Crippen LogP contribution in [0.15, 0.2) is 24.3 Å². The number of rotatable bonds is 3. The number of aliphatic hydroxyl groups excluding tert-OH is 1. The van der Waals surface area contributed by atoms with Gasteiger partial charge in [-0.15, -0.1) is 0 Å². The smallest absolute Gasteiger partial charge is 0.213 e. The van der Waals surface area contributed by atoms with Crippen LogP contribution in [0.25, 0.3) is 0 Å². The Morgan fingerprint density at radius 2 is 1.83 bits per heavy atom. The molecule has 0 bridgehead atoms. The summed E-state index contributed by atoms with van der Waals surface area (Å²) in [5, 5.41) is 10.5. The highest BCUT2D eigenvalue weighted by Crippen LogP contribution is 2.26. The van der Waals surface area contributed by atoms with E-state index in [0.717, 1.165) is 19.5 Å². The summed E-state index contributed by atoms with van der Waals surface area (Å²) >= 11 is 0. The molecule has 0 amide bonds. The van der Waals surface area contributed by atoms with Crippen LogP contribution >= 0.6 is 0 Å². The second-order valence-corrected chi connectivity index (χ2v) is 8.76. The zero-order valence-corrected chi connectivity index (χ0v) is 14.5. The van der Waals surface area contributed by atoms with Crippen LogP contribution in [0.2, 0.25) is 0 Å². The number of sulfonamides is 1. The second kappa shape index (κ2) is 6.89. The Labute approximate surface area is 139 Å². The Morgan fingerprint density at radius 3 is 2.57 bits per heavy atom. The van der Waals surface area contributed by atoms with Crippen molar-refractivity contribution in [3.05, 3.63) is 35.4 Å². The normalized spacial score (nSPS) is 27.4. The second-order valence-electron chi connectivity index (χ2n) is 6.50. The van der Waals surface area contributed by atoms with Gasteiger partial charge < -0.3 is 5.11 Å². The summed E-state index contributed by atoms with van der Waals surface area (Å²) in [6, 6.07) is 8.49. The van der Waals surface area contributed by atoms with Crippen molar-refractivity contribution in [2.75, 3.05) is 25.4 Å². The molecule has 5 nitrogen and oxygen atoms in total. The molecular formula is C17H26N2O3S. The molecule has 0 aromatic heterocycles. The first kappa shape index (κ1) is 16.9. The van der Waals surface area contributed by atoms with Gasteiger partial charge in [0, 0.05) is 32.2 Å². The molecule has 1 fully saturated rings. The van der Waals surface area contributed by atoms with E-state index in [1.807, 2.05) is 0 Å². The van der Waals surface area contributed by atoms with Crippen LogP contribution in [0.5, 0.6) is 0 Å². The zero-order chi connectivity index (χ0) is 16.4. The maximum Gasteiger partial charge on any atom is 0.213 e. The van der Waals surface area contributed by atoms with Crippen molar-refractivity contribution in [1.82, 2.24) is 9.21 Å². The van der Waals surface area contributed by atoms with E-state index in [9.17, 15) is 13.5 Å². The van der Waals surface area contributed by atoms with Crippen molar-refractivity contribution in [3.63, 3.8) is 0 Å². The highest BCUT2D eigenvalue weighted by molar-refractivity contribution is 7.89. The van der Waals surface area contributed by atoms with Crippen LogP contribution in [-0.2, 0) is 23.0 Å². The van der Waals surface area contributed by atoms with Gasteiger partial charge in [0.15, 0.2) is 0 Å². The maximum atomic E-state index is 12.1. The minimum atomic E-state index is -3.17. The number of nitrogens with zero attached hydrogens (tertiary/aromatic N) is 2. The third-order valence-electron chi connectivity index (χ3n) is 5.18. The highest BCUT2D eigenvalue weighted by Gasteiger charge is 2.34. The van der Waals surface area contributed by atoms with Gasteiger partial charge in [0.2, 0.25) is 10.0 Å². The molecule has 0 aliphatic carbocycles. The Balaban J connectivity index is 1.71. The fourth-order valence-corrected chi connectivity index (χ4v) is 4.87. The van der Waals surface area contributed by atoms with Gasteiger partial charge in [-0.3, -0.25) is 4.90 Å². The highest BCUT2D eigenvalue weighted by atomic mass is 32.2. The van der Waals surface area contributed by atoms with Crippen molar-refractivity contribution in [2.24, 2.45) is 0 Å². The van der Waals surface area contributed by atoms with E-state index in [2.05, 4.69) is 29.2 Å². The molecule has 0 unspecified atom stereocenters. The summed E-state index contributed by atoms with van der Waals surface area (Å²) in [6.07, 6.45) is 1.75. The van der Waals surface area contributed by atoms with Crippen LogP contribution in [0.3, 0.4) is 0 Å². The molecule has 6 heteroatoms. The number of aliphatic hydroxyl groups is 1. The van der Waals surface area contributed by atoms with Crippen molar-refractivity contribution < 1.29 is 13.5 Å². The summed E-state index contributed by atoms with van der Waals surface area (Å²) in [7, 11) is -3.17. The van der Waals surface area contributed by atoms with Gasteiger partial charge in [0.1, 0.15) is 0 Å². The van der Waals surface area contributed by atoms with E-state index < -0.39 is 16.1 Å². The third-order valence-corrected chi connectivity index (χ3v) is 7.06. The molecule has 0 radical (unpaired) electrons. The molecule has 1 aromatic rings. The quantitative estimate of drug-likeness (QED) is 0.900. The fraction of sp³-hybridized carbons (Fsp3) is 0.647. The minimum Gasteiger partial charge on any atom is -0.391 e. The lowest BCUT2D eigenvalue weighted by atomic mass is 9.96. The van der Waals surface area contributed by atoms with Crippen molar-refractivity contribution >= 4 is 10.0 Å². The number of fused-ring (bicyclic) bond motifs is 1. The van der Waals surface area contributed by atoms with Gasteiger partial charge in [-0.1, -0.05) is 24.3 Å². The van der Waals surface area contributed by atoms with Crippen LogP contribution in [0, 0.1) is 0 Å². The average Bonchev–Trinajstić information content (AvgIpc) is 2.76. The van der Waals surface area contributed by atoms with Gasteiger partial charge in [0.05, 0.1) is 11.9 Å².